The highest BCUT2D eigenvalue weighted by molar-refractivity contribution is 5.34. The lowest BCUT2D eigenvalue weighted by molar-refractivity contribution is 0.388. The summed E-state index contributed by atoms with van der Waals surface area (Å²) in [5.41, 5.74) is 2.46. The summed E-state index contributed by atoms with van der Waals surface area (Å²) in [4.78, 5) is 9.27. The maximum absolute atomic E-state index is 5.40. The molecule has 0 spiro atoms. The SMILES string of the molecule is COc1nc(CC2CCNC2)nc2c1CCC2. The summed E-state index contributed by atoms with van der Waals surface area (Å²) in [7, 11) is 1.71. The topological polar surface area (TPSA) is 47.0 Å². The number of rotatable bonds is 3. The molecule has 0 saturated carbocycles. The second-order valence-electron chi connectivity index (χ2n) is 4.99. The molecule has 0 amide bonds. The molecule has 1 aromatic rings. The molecule has 1 saturated heterocycles. The first-order valence-corrected chi connectivity index (χ1v) is 6.50. The van der Waals surface area contributed by atoms with Crippen LogP contribution in [0.25, 0.3) is 0 Å². The molecule has 1 N–H and O–H groups in total. The van der Waals surface area contributed by atoms with Crippen LogP contribution >= 0.6 is 0 Å². The summed E-state index contributed by atoms with van der Waals surface area (Å²) < 4.78 is 5.40. The van der Waals surface area contributed by atoms with Crippen LogP contribution < -0.4 is 10.1 Å². The Kier molecular flexibility index (Phi) is 2.97. The summed E-state index contributed by atoms with van der Waals surface area (Å²) in [6.07, 6.45) is 5.57. The molecule has 4 heteroatoms. The number of aryl methyl sites for hydroxylation is 1. The van der Waals surface area contributed by atoms with Crippen LogP contribution in [0.4, 0.5) is 0 Å². The van der Waals surface area contributed by atoms with Crippen molar-refractivity contribution in [3.63, 3.8) is 0 Å². The normalized spacial score (nSPS) is 22.8. The Balaban J connectivity index is 1.84. The number of hydrogen-bond acceptors (Lipinski definition) is 4. The molecule has 1 aliphatic heterocycles. The second kappa shape index (κ2) is 4.61. The van der Waals surface area contributed by atoms with Crippen LogP contribution in [0.15, 0.2) is 0 Å². The van der Waals surface area contributed by atoms with E-state index >= 15 is 0 Å². The number of ether oxygens (including phenoxy) is 1. The Bertz CT molecular complexity index is 413. The predicted molar refractivity (Wildman–Crippen MR) is 65.3 cm³/mol. The van der Waals surface area contributed by atoms with Crippen molar-refractivity contribution in [2.24, 2.45) is 5.92 Å². The lowest BCUT2D eigenvalue weighted by Crippen LogP contribution is -2.13. The van der Waals surface area contributed by atoms with Crippen molar-refractivity contribution < 1.29 is 4.74 Å². The summed E-state index contributed by atoms with van der Waals surface area (Å²) >= 11 is 0. The molecule has 1 aliphatic carbocycles. The van der Waals surface area contributed by atoms with Gasteiger partial charge in [0.15, 0.2) is 0 Å². The molecular weight excluding hydrogens is 214 g/mol. The van der Waals surface area contributed by atoms with E-state index in [0.29, 0.717) is 5.92 Å². The maximum atomic E-state index is 5.40. The molecule has 2 heterocycles. The maximum Gasteiger partial charge on any atom is 0.219 e. The van der Waals surface area contributed by atoms with Crippen molar-refractivity contribution in [1.82, 2.24) is 15.3 Å². The van der Waals surface area contributed by atoms with Gasteiger partial charge in [-0.1, -0.05) is 0 Å². The average Bonchev–Trinajstić information content (AvgIpc) is 2.98. The van der Waals surface area contributed by atoms with Crippen LogP contribution in [0.2, 0.25) is 0 Å². The first-order valence-electron chi connectivity index (χ1n) is 6.50. The van der Waals surface area contributed by atoms with E-state index in [2.05, 4.69) is 10.3 Å². The largest absolute Gasteiger partial charge is 0.481 e. The van der Waals surface area contributed by atoms with Crippen LogP contribution in [0, 0.1) is 5.92 Å². The van der Waals surface area contributed by atoms with Gasteiger partial charge in [0.25, 0.3) is 0 Å². The van der Waals surface area contributed by atoms with Crippen molar-refractivity contribution in [3.8, 4) is 5.88 Å². The minimum Gasteiger partial charge on any atom is -0.481 e. The van der Waals surface area contributed by atoms with E-state index < -0.39 is 0 Å². The van der Waals surface area contributed by atoms with Crippen LogP contribution in [-0.4, -0.2) is 30.2 Å². The number of aromatic nitrogens is 2. The van der Waals surface area contributed by atoms with Crippen LogP contribution in [0.1, 0.15) is 29.9 Å². The van der Waals surface area contributed by atoms with Crippen molar-refractivity contribution in [2.45, 2.75) is 32.1 Å². The molecular formula is C13H19N3O. The van der Waals surface area contributed by atoms with E-state index in [1.807, 2.05) is 0 Å². The van der Waals surface area contributed by atoms with Gasteiger partial charge in [0.1, 0.15) is 5.82 Å². The number of hydrogen-bond donors (Lipinski definition) is 1. The number of fused-ring (bicyclic) bond motifs is 1. The van der Waals surface area contributed by atoms with Gasteiger partial charge in [-0.3, -0.25) is 0 Å². The molecule has 17 heavy (non-hydrogen) atoms. The van der Waals surface area contributed by atoms with E-state index in [1.165, 1.54) is 24.1 Å². The van der Waals surface area contributed by atoms with Gasteiger partial charge in [-0.2, -0.15) is 4.98 Å². The minimum absolute atomic E-state index is 0.694. The summed E-state index contributed by atoms with van der Waals surface area (Å²) in [5, 5.41) is 3.39. The molecule has 1 aromatic heterocycles. The van der Waals surface area contributed by atoms with Gasteiger partial charge < -0.3 is 10.1 Å². The van der Waals surface area contributed by atoms with Crippen LogP contribution in [0.3, 0.4) is 0 Å². The highest BCUT2D eigenvalue weighted by Crippen LogP contribution is 2.28. The van der Waals surface area contributed by atoms with Gasteiger partial charge in [-0.25, -0.2) is 4.98 Å². The van der Waals surface area contributed by atoms with E-state index in [0.717, 1.165) is 44.1 Å². The Labute approximate surface area is 102 Å². The monoisotopic (exact) mass is 233 g/mol. The molecule has 2 aliphatic rings. The van der Waals surface area contributed by atoms with Crippen molar-refractivity contribution in [1.29, 1.82) is 0 Å². The number of nitrogens with one attached hydrogen (secondary N) is 1. The summed E-state index contributed by atoms with van der Waals surface area (Å²) in [5.74, 6) is 2.48. The lowest BCUT2D eigenvalue weighted by Gasteiger charge is -2.11. The van der Waals surface area contributed by atoms with E-state index in [4.69, 9.17) is 9.72 Å². The number of nitrogens with zero attached hydrogens (tertiary/aromatic N) is 2. The zero-order valence-corrected chi connectivity index (χ0v) is 10.3. The van der Waals surface area contributed by atoms with Gasteiger partial charge in [-0.05, 0) is 44.7 Å². The third-order valence-electron chi connectivity index (χ3n) is 3.77. The highest BCUT2D eigenvalue weighted by Gasteiger charge is 2.22. The molecule has 3 rings (SSSR count). The first-order chi connectivity index (χ1) is 8.36. The second-order valence-corrected chi connectivity index (χ2v) is 4.99. The van der Waals surface area contributed by atoms with Crippen molar-refractivity contribution >= 4 is 0 Å². The Hall–Kier alpha value is -1.16. The Morgan fingerprint density at radius 1 is 1.35 bits per heavy atom. The van der Waals surface area contributed by atoms with Gasteiger partial charge >= 0.3 is 0 Å². The van der Waals surface area contributed by atoms with Gasteiger partial charge in [0, 0.05) is 12.0 Å². The first kappa shape index (κ1) is 11.0. The quantitative estimate of drug-likeness (QED) is 0.850. The smallest absolute Gasteiger partial charge is 0.219 e. The van der Waals surface area contributed by atoms with Gasteiger partial charge in [0.05, 0.1) is 12.8 Å². The molecule has 0 aromatic carbocycles. The molecule has 0 radical (unpaired) electrons. The molecule has 0 bridgehead atoms. The van der Waals surface area contributed by atoms with Crippen molar-refractivity contribution in [2.75, 3.05) is 20.2 Å². The minimum atomic E-state index is 0.694. The fraction of sp³-hybridized carbons (Fsp3) is 0.692. The molecule has 1 atom stereocenters. The van der Waals surface area contributed by atoms with E-state index in [1.54, 1.807) is 7.11 Å². The predicted octanol–water partition coefficient (Wildman–Crippen LogP) is 1.13. The summed E-state index contributed by atoms with van der Waals surface area (Å²) in [6.45, 7) is 2.23. The van der Waals surface area contributed by atoms with E-state index in [9.17, 15) is 0 Å². The Morgan fingerprint density at radius 2 is 2.29 bits per heavy atom. The molecule has 92 valence electrons. The lowest BCUT2D eigenvalue weighted by atomic mass is 10.0. The fourth-order valence-electron chi connectivity index (χ4n) is 2.85. The molecule has 1 fully saturated rings. The van der Waals surface area contributed by atoms with Crippen molar-refractivity contribution in [3.05, 3.63) is 17.1 Å². The van der Waals surface area contributed by atoms with Crippen LogP contribution in [-0.2, 0) is 19.3 Å². The number of methoxy groups -OCH3 is 1. The zero-order valence-electron chi connectivity index (χ0n) is 10.3. The molecule has 4 nitrogen and oxygen atoms in total. The zero-order chi connectivity index (χ0) is 11.7. The molecule has 1 unspecified atom stereocenters. The third kappa shape index (κ3) is 2.14. The highest BCUT2D eigenvalue weighted by atomic mass is 16.5. The van der Waals surface area contributed by atoms with Gasteiger partial charge in [-0.15, -0.1) is 0 Å². The van der Waals surface area contributed by atoms with Crippen LogP contribution in [0.5, 0.6) is 5.88 Å². The standard InChI is InChI=1S/C13H19N3O/c1-17-13-10-3-2-4-11(10)15-12(16-13)7-9-5-6-14-8-9/h9,14H,2-8H2,1H3. The Morgan fingerprint density at radius 3 is 3.06 bits per heavy atom. The third-order valence-corrected chi connectivity index (χ3v) is 3.77. The summed E-state index contributed by atoms with van der Waals surface area (Å²) in [6, 6.07) is 0. The van der Waals surface area contributed by atoms with E-state index in [-0.39, 0.29) is 0 Å². The van der Waals surface area contributed by atoms with Gasteiger partial charge in [0.2, 0.25) is 5.88 Å². The average molecular weight is 233 g/mol. The fourth-order valence-corrected chi connectivity index (χ4v) is 2.85.